The summed E-state index contributed by atoms with van der Waals surface area (Å²) in [6, 6.07) is 13.5. The summed E-state index contributed by atoms with van der Waals surface area (Å²) in [5, 5.41) is 4.42. The Morgan fingerprint density at radius 1 is 1.26 bits per heavy atom. The van der Waals surface area contributed by atoms with Gasteiger partial charge in [0.1, 0.15) is 5.01 Å². The first-order valence-electron chi connectivity index (χ1n) is 7.62. The average molecular weight is 345 g/mol. The number of hydrogen-bond acceptors (Lipinski definition) is 3. The number of amides is 1. The Kier molecular flexibility index (Phi) is 4.94. The number of benzene rings is 2. The van der Waals surface area contributed by atoms with Gasteiger partial charge in [0, 0.05) is 17.7 Å². The molecule has 0 atom stereocenters. The summed E-state index contributed by atoms with van der Waals surface area (Å²) in [5.74, 6) is 0.0319. The van der Waals surface area contributed by atoms with E-state index in [1.807, 2.05) is 36.4 Å². The molecule has 3 nitrogen and oxygen atoms in total. The summed E-state index contributed by atoms with van der Waals surface area (Å²) >= 11 is 7.93. The van der Waals surface area contributed by atoms with Gasteiger partial charge in [-0.1, -0.05) is 37.1 Å². The maximum atomic E-state index is 11.9. The Labute approximate surface area is 144 Å². The van der Waals surface area contributed by atoms with E-state index in [1.54, 1.807) is 17.4 Å². The first-order chi connectivity index (χ1) is 11.2. The van der Waals surface area contributed by atoms with Crippen LogP contribution in [0.1, 0.15) is 26.2 Å². The van der Waals surface area contributed by atoms with E-state index in [4.69, 9.17) is 11.6 Å². The predicted molar refractivity (Wildman–Crippen MR) is 98.2 cm³/mol. The van der Waals surface area contributed by atoms with Crippen LogP contribution in [0.3, 0.4) is 0 Å². The Balaban J connectivity index is 1.89. The van der Waals surface area contributed by atoms with Crippen LogP contribution >= 0.6 is 22.9 Å². The van der Waals surface area contributed by atoms with Crippen molar-refractivity contribution in [2.45, 2.75) is 26.2 Å². The molecule has 0 saturated heterocycles. The summed E-state index contributed by atoms with van der Waals surface area (Å²) in [6.45, 7) is 2.07. The molecule has 118 valence electrons. The van der Waals surface area contributed by atoms with Crippen molar-refractivity contribution in [2.24, 2.45) is 0 Å². The molecule has 5 heteroatoms. The molecule has 0 spiro atoms. The molecule has 0 bridgehead atoms. The molecule has 1 amide bonds. The second-order valence-electron chi connectivity index (χ2n) is 5.33. The van der Waals surface area contributed by atoms with Crippen LogP contribution in [0.2, 0.25) is 5.02 Å². The van der Waals surface area contributed by atoms with Gasteiger partial charge >= 0.3 is 0 Å². The highest BCUT2D eigenvalue weighted by Crippen LogP contribution is 2.35. The first-order valence-corrected chi connectivity index (χ1v) is 8.82. The van der Waals surface area contributed by atoms with E-state index in [9.17, 15) is 4.79 Å². The topological polar surface area (TPSA) is 42.0 Å². The monoisotopic (exact) mass is 344 g/mol. The third-order valence-electron chi connectivity index (χ3n) is 3.53. The highest BCUT2D eigenvalue weighted by atomic mass is 35.5. The van der Waals surface area contributed by atoms with Crippen LogP contribution in [0.15, 0.2) is 42.5 Å². The van der Waals surface area contributed by atoms with Crippen LogP contribution < -0.4 is 5.32 Å². The molecule has 0 fully saturated rings. The third-order valence-corrected chi connectivity index (χ3v) is 4.93. The molecule has 0 aliphatic rings. The van der Waals surface area contributed by atoms with Gasteiger partial charge in [-0.25, -0.2) is 4.98 Å². The SMILES string of the molecule is CCCCC(=O)Nc1ccc(Cl)c(-c2nc3ccccc3s2)c1. The zero-order valence-electron chi connectivity index (χ0n) is 12.8. The van der Waals surface area contributed by atoms with Gasteiger partial charge in [0.25, 0.3) is 0 Å². The number of para-hydroxylation sites is 1. The number of nitrogens with one attached hydrogen (secondary N) is 1. The predicted octanol–water partition coefficient (Wildman–Crippen LogP) is 5.75. The van der Waals surface area contributed by atoms with Gasteiger partial charge in [-0.05, 0) is 36.8 Å². The molecule has 3 aromatic rings. The number of carbonyl (C=O) groups excluding carboxylic acids is 1. The lowest BCUT2D eigenvalue weighted by Gasteiger charge is -2.07. The van der Waals surface area contributed by atoms with E-state index in [0.29, 0.717) is 11.4 Å². The molecule has 0 aliphatic heterocycles. The number of nitrogens with zero attached hydrogens (tertiary/aromatic N) is 1. The van der Waals surface area contributed by atoms with Crippen LogP contribution in [0.5, 0.6) is 0 Å². The highest BCUT2D eigenvalue weighted by molar-refractivity contribution is 7.21. The second kappa shape index (κ2) is 7.11. The highest BCUT2D eigenvalue weighted by Gasteiger charge is 2.11. The molecule has 3 rings (SSSR count). The fraction of sp³-hybridized carbons (Fsp3) is 0.222. The number of aromatic nitrogens is 1. The summed E-state index contributed by atoms with van der Waals surface area (Å²) in [4.78, 5) is 16.5. The zero-order valence-corrected chi connectivity index (χ0v) is 14.4. The number of unbranched alkanes of at least 4 members (excludes halogenated alkanes) is 1. The largest absolute Gasteiger partial charge is 0.326 e. The molecular weight excluding hydrogens is 328 g/mol. The quantitative estimate of drug-likeness (QED) is 0.640. The molecule has 0 aliphatic carbocycles. The number of halogens is 1. The standard InChI is InChI=1S/C18H17ClN2OS/c1-2-3-8-17(22)20-12-9-10-14(19)13(11-12)18-21-15-6-4-5-7-16(15)23-18/h4-7,9-11H,2-3,8H2,1H3,(H,20,22). The van der Waals surface area contributed by atoms with Crippen LogP contribution in [0.25, 0.3) is 20.8 Å². The van der Waals surface area contributed by atoms with E-state index in [2.05, 4.69) is 17.2 Å². The van der Waals surface area contributed by atoms with Gasteiger partial charge in [0.05, 0.1) is 15.2 Å². The third kappa shape index (κ3) is 3.71. The van der Waals surface area contributed by atoms with E-state index in [-0.39, 0.29) is 5.91 Å². The molecule has 23 heavy (non-hydrogen) atoms. The average Bonchev–Trinajstić information content (AvgIpc) is 2.98. The molecule has 0 saturated carbocycles. The Bertz CT molecular complexity index is 811. The number of hydrogen-bond donors (Lipinski definition) is 1. The normalized spacial score (nSPS) is 10.9. The van der Waals surface area contributed by atoms with Gasteiger partial charge < -0.3 is 5.32 Å². The minimum atomic E-state index is 0.0319. The van der Waals surface area contributed by atoms with Crippen molar-refractivity contribution in [1.82, 2.24) is 4.98 Å². The van der Waals surface area contributed by atoms with Crippen molar-refractivity contribution in [2.75, 3.05) is 5.32 Å². The van der Waals surface area contributed by atoms with Gasteiger partial charge in [0.2, 0.25) is 5.91 Å². The lowest BCUT2D eigenvalue weighted by Crippen LogP contribution is -2.10. The number of rotatable bonds is 5. The van der Waals surface area contributed by atoms with Crippen LogP contribution in [-0.4, -0.2) is 10.9 Å². The summed E-state index contributed by atoms with van der Waals surface area (Å²) in [6.07, 6.45) is 2.44. The lowest BCUT2D eigenvalue weighted by atomic mass is 10.2. The summed E-state index contributed by atoms with van der Waals surface area (Å²) in [7, 11) is 0. The maximum Gasteiger partial charge on any atom is 0.224 e. The van der Waals surface area contributed by atoms with Gasteiger partial charge in [-0.3, -0.25) is 4.79 Å². The molecular formula is C18H17ClN2OS. The first kappa shape index (κ1) is 16.0. The second-order valence-corrected chi connectivity index (χ2v) is 6.77. The fourth-order valence-electron chi connectivity index (χ4n) is 2.32. The van der Waals surface area contributed by atoms with Crippen molar-refractivity contribution in [3.63, 3.8) is 0 Å². The molecule has 0 unspecified atom stereocenters. The molecule has 1 heterocycles. The number of carbonyl (C=O) groups is 1. The van der Waals surface area contributed by atoms with Crippen LogP contribution in [0.4, 0.5) is 5.69 Å². The van der Waals surface area contributed by atoms with Crippen molar-refractivity contribution in [3.05, 3.63) is 47.5 Å². The van der Waals surface area contributed by atoms with Crippen LogP contribution in [0, 0.1) is 0 Å². The van der Waals surface area contributed by atoms with Gasteiger partial charge in [0.15, 0.2) is 0 Å². The minimum Gasteiger partial charge on any atom is -0.326 e. The van der Waals surface area contributed by atoms with E-state index < -0.39 is 0 Å². The van der Waals surface area contributed by atoms with E-state index in [1.165, 1.54) is 0 Å². The number of thiazole rings is 1. The fourth-order valence-corrected chi connectivity index (χ4v) is 3.57. The minimum absolute atomic E-state index is 0.0319. The Morgan fingerprint density at radius 3 is 2.87 bits per heavy atom. The molecule has 2 aromatic carbocycles. The lowest BCUT2D eigenvalue weighted by molar-refractivity contribution is -0.116. The molecule has 1 N–H and O–H groups in total. The number of fused-ring (bicyclic) bond motifs is 1. The molecule has 0 radical (unpaired) electrons. The summed E-state index contributed by atoms with van der Waals surface area (Å²) < 4.78 is 1.12. The van der Waals surface area contributed by atoms with Crippen molar-refractivity contribution >= 4 is 44.7 Å². The van der Waals surface area contributed by atoms with E-state index >= 15 is 0 Å². The van der Waals surface area contributed by atoms with E-state index in [0.717, 1.165) is 39.3 Å². The van der Waals surface area contributed by atoms with Gasteiger partial charge in [-0.15, -0.1) is 11.3 Å². The smallest absolute Gasteiger partial charge is 0.224 e. The zero-order chi connectivity index (χ0) is 16.2. The number of anilines is 1. The van der Waals surface area contributed by atoms with Crippen LogP contribution in [-0.2, 0) is 4.79 Å². The Hall–Kier alpha value is -1.91. The molecule has 1 aromatic heterocycles. The van der Waals surface area contributed by atoms with Gasteiger partial charge in [-0.2, -0.15) is 0 Å². The van der Waals surface area contributed by atoms with Crippen molar-refractivity contribution in [3.8, 4) is 10.6 Å². The summed E-state index contributed by atoms with van der Waals surface area (Å²) in [5.41, 5.74) is 2.56. The van der Waals surface area contributed by atoms with Crippen molar-refractivity contribution < 1.29 is 4.79 Å². The van der Waals surface area contributed by atoms with Crippen molar-refractivity contribution in [1.29, 1.82) is 0 Å². The maximum absolute atomic E-state index is 11.9. The Morgan fingerprint density at radius 2 is 2.09 bits per heavy atom.